The van der Waals surface area contributed by atoms with Gasteiger partial charge in [-0.1, -0.05) is 17.7 Å². The van der Waals surface area contributed by atoms with E-state index in [1.54, 1.807) is 0 Å². The Kier molecular flexibility index (Phi) is 5.71. The van der Waals surface area contributed by atoms with E-state index in [0.29, 0.717) is 0 Å². The van der Waals surface area contributed by atoms with Crippen LogP contribution < -0.4 is 5.32 Å². The van der Waals surface area contributed by atoms with E-state index < -0.39 is 23.7 Å². The van der Waals surface area contributed by atoms with E-state index in [2.05, 4.69) is 14.8 Å². The molecular formula is C17H13ClFNO5. The van der Waals surface area contributed by atoms with Gasteiger partial charge in [-0.25, -0.2) is 14.0 Å². The van der Waals surface area contributed by atoms with Crippen molar-refractivity contribution in [2.24, 2.45) is 0 Å². The molecule has 0 aliphatic heterocycles. The number of hydrogen-bond donors (Lipinski definition) is 1. The lowest BCUT2D eigenvalue weighted by Crippen LogP contribution is -2.16. The van der Waals surface area contributed by atoms with E-state index in [1.807, 2.05) is 0 Å². The second-order valence-corrected chi connectivity index (χ2v) is 5.24. The molecule has 2 rings (SSSR count). The van der Waals surface area contributed by atoms with Crippen LogP contribution in [-0.2, 0) is 9.47 Å². The average molecular weight is 366 g/mol. The smallest absolute Gasteiger partial charge is 0.337 e. The summed E-state index contributed by atoms with van der Waals surface area (Å²) in [6.45, 7) is 0. The number of esters is 2. The number of benzene rings is 2. The van der Waals surface area contributed by atoms with Gasteiger partial charge in [0.15, 0.2) is 0 Å². The van der Waals surface area contributed by atoms with Crippen molar-refractivity contribution in [2.75, 3.05) is 19.5 Å². The Bertz CT molecular complexity index is 798. The van der Waals surface area contributed by atoms with E-state index in [1.165, 1.54) is 44.6 Å². The molecule has 0 heterocycles. The Balaban J connectivity index is 2.42. The van der Waals surface area contributed by atoms with Crippen LogP contribution in [-0.4, -0.2) is 32.1 Å². The lowest BCUT2D eigenvalue weighted by atomic mass is 10.1. The van der Waals surface area contributed by atoms with Crippen molar-refractivity contribution in [1.82, 2.24) is 0 Å². The van der Waals surface area contributed by atoms with Crippen LogP contribution in [0, 0.1) is 5.82 Å². The van der Waals surface area contributed by atoms with Crippen molar-refractivity contribution in [1.29, 1.82) is 0 Å². The zero-order chi connectivity index (χ0) is 18.6. The van der Waals surface area contributed by atoms with E-state index in [9.17, 15) is 18.8 Å². The Labute approximate surface area is 147 Å². The average Bonchev–Trinajstić information content (AvgIpc) is 2.59. The lowest BCUT2D eigenvalue weighted by Gasteiger charge is -2.10. The minimum atomic E-state index is -0.832. The number of carbonyl (C=O) groups is 3. The molecule has 0 bridgehead atoms. The Morgan fingerprint density at radius 3 is 2.04 bits per heavy atom. The van der Waals surface area contributed by atoms with E-state index >= 15 is 0 Å². The van der Waals surface area contributed by atoms with E-state index in [4.69, 9.17) is 11.6 Å². The fraction of sp³-hybridized carbons (Fsp3) is 0.118. The van der Waals surface area contributed by atoms with Gasteiger partial charge in [0.25, 0.3) is 5.91 Å². The van der Waals surface area contributed by atoms with Crippen LogP contribution in [0.15, 0.2) is 36.4 Å². The van der Waals surface area contributed by atoms with Gasteiger partial charge in [-0.05, 0) is 30.3 Å². The van der Waals surface area contributed by atoms with Crippen LogP contribution in [0.5, 0.6) is 0 Å². The summed E-state index contributed by atoms with van der Waals surface area (Å²) in [6, 6.07) is 7.64. The van der Waals surface area contributed by atoms with Gasteiger partial charge < -0.3 is 14.8 Å². The molecular weight excluding hydrogens is 353 g/mol. The summed E-state index contributed by atoms with van der Waals surface area (Å²) in [5.41, 5.74) is -0.250. The predicted octanol–water partition coefficient (Wildman–Crippen LogP) is 3.30. The highest BCUT2D eigenvalue weighted by atomic mass is 35.5. The van der Waals surface area contributed by atoms with Crippen molar-refractivity contribution in [3.05, 3.63) is 63.9 Å². The van der Waals surface area contributed by atoms with Crippen LogP contribution in [0.1, 0.15) is 31.1 Å². The maximum Gasteiger partial charge on any atom is 0.337 e. The minimum absolute atomic E-state index is 0.0142. The molecule has 0 saturated carbocycles. The Morgan fingerprint density at radius 2 is 1.56 bits per heavy atom. The maximum atomic E-state index is 13.8. The number of hydrogen-bond acceptors (Lipinski definition) is 5. The first-order chi connectivity index (χ1) is 11.9. The van der Waals surface area contributed by atoms with Gasteiger partial charge >= 0.3 is 11.9 Å². The highest BCUT2D eigenvalue weighted by Gasteiger charge is 2.18. The number of amides is 1. The molecule has 1 N–H and O–H groups in total. The molecule has 6 nitrogen and oxygen atoms in total. The van der Waals surface area contributed by atoms with Crippen molar-refractivity contribution in [3.8, 4) is 0 Å². The van der Waals surface area contributed by atoms with Crippen molar-refractivity contribution >= 4 is 35.1 Å². The topological polar surface area (TPSA) is 81.7 Å². The second-order valence-electron chi connectivity index (χ2n) is 4.83. The molecule has 0 atom stereocenters. The molecule has 0 aromatic heterocycles. The normalized spacial score (nSPS) is 10.1. The number of carbonyl (C=O) groups excluding carboxylic acids is 3. The molecule has 25 heavy (non-hydrogen) atoms. The fourth-order valence-corrected chi connectivity index (χ4v) is 2.33. The number of halogens is 2. The number of rotatable bonds is 4. The molecule has 0 fully saturated rings. The van der Waals surface area contributed by atoms with Crippen LogP contribution >= 0.6 is 11.6 Å². The molecule has 2 aromatic rings. The molecule has 0 aliphatic carbocycles. The van der Waals surface area contributed by atoms with Crippen LogP contribution in [0.3, 0.4) is 0 Å². The minimum Gasteiger partial charge on any atom is -0.465 e. The summed E-state index contributed by atoms with van der Waals surface area (Å²) < 4.78 is 23.0. The second kappa shape index (κ2) is 7.76. The highest BCUT2D eigenvalue weighted by Crippen LogP contribution is 2.22. The summed E-state index contributed by atoms with van der Waals surface area (Å²) in [5, 5.41) is 2.33. The van der Waals surface area contributed by atoms with Crippen LogP contribution in [0.2, 0.25) is 5.02 Å². The van der Waals surface area contributed by atoms with Crippen molar-refractivity contribution in [3.63, 3.8) is 0 Å². The number of methoxy groups -OCH3 is 2. The van der Waals surface area contributed by atoms with Crippen molar-refractivity contribution in [2.45, 2.75) is 0 Å². The van der Waals surface area contributed by atoms with Crippen LogP contribution in [0.4, 0.5) is 10.1 Å². The summed E-state index contributed by atoms with van der Waals surface area (Å²) in [7, 11) is 2.34. The van der Waals surface area contributed by atoms with Crippen LogP contribution in [0.25, 0.3) is 0 Å². The van der Waals surface area contributed by atoms with Gasteiger partial charge in [0.1, 0.15) is 5.82 Å². The first-order valence-electron chi connectivity index (χ1n) is 6.94. The van der Waals surface area contributed by atoms with Gasteiger partial charge in [-0.3, -0.25) is 4.79 Å². The molecule has 8 heteroatoms. The highest BCUT2D eigenvalue weighted by molar-refractivity contribution is 6.34. The van der Waals surface area contributed by atoms with E-state index in [-0.39, 0.29) is 27.4 Å². The standard InChI is InChI=1S/C17H13ClFNO5/c1-24-16(22)9-6-10(17(23)25-2)8-11(7-9)20-15(21)14-12(18)4-3-5-13(14)19/h3-8H,1-2H3,(H,20,21). The van der Waals surface area contributed by atoms with Crippen molar-refractivity contribution < 1.29 is 28.2 Å². The molecule has 0 saturated heterocycles. The molecule has 0 radical (unpaired) electrons. The predicted molar refractivity (Wildman–Crippen MR) is 88.5 cm³/mol. The summed E-state index contributed by atoms with van der Waals surface area (Å²) >= 11 is 5.85. The molecule has 0 spiro atoms. The van der Waals surface area contributed by atoms with Gasteiger partial charge in [-0.15, -0.1) is 0 Å². The SMILES string of the molecule is COC(=O)c1cc(NC(=O)c2c(F)cccc2Cl)cc(C(=O)OC)c1. The number of nitrogens with one attached hydrogen (secondary N) is 1. The summed E-state index contributed by atoms with van der Waals surface area (Å²) in [6.07, 6.45) is 0. The van der Waals surface area contributed by atoms with E-state index in [0.717, 1.165) is 6.07 Å². The third-order valence-electron chi connectivity index (χ3n) is 3.22. The third kappa shape index (κ3) is 4.13. The number of anilines is 1. The molecule has 0 unspecified atom stereocenters. The van der Waals surface area contributed by atoms with Gasteiger partial charge in [0.2, 0.25) is 0 Å². The molecule has 2 aromatic carbocycles. The molecule has 1 amide bonds. The lowest BCUT2D eigenvalue weighted by molar-refractivity contribution is 0.0599. The maximum absolute atomic E-state index is 13.8. The first-order valence-corrected chi connectivity index (χ1v) is 7.32. The molecule has 130 valence electrons. The summed E-state index contributed by atoms with van der Waals surface area (Å²) in [5.74, 6) is -3.07. The van der Waals surface area contributed by atoms with Gasteiger partial charge in [-0.2, -0.15) is 0 Å². The first kappa shape index (κ1) is 18.4. The monoisotopic (exact) mass is 365 g/mol. The molecule has 0 aliphatic rings. The fourth-order valence-electron chi connectivity index (χ4n) is 2.08. The Morgan fingerprint density at radius 1 is 1.00 bits per heavy atom. The number of ether oxygens (including phenoxy) is 2. The van der Waals surface area contributed by atoms with Gasteiger partial charge in [0, 0.05) is 5.69 Å². The largest absolute Gasteiger partial charge is 0.465 e. The summed E-state index contributed by atoms with van der Waals surface area (Å²) in [4.78, 5) is 35.7. The zero-order valence-corrected chi connectivity index (χ0v) is 14.0. The quantitative estimate of drug-likeness (QED) is 0.841. The van der Waals surface area contributed by atoms with Gasteiger partial charge in [0.05, 0.1) is 35.9 Å². The zero-order valence-electron chi connectivity index (χ0n) is 13.3. The Hall–Kier alpha value is -2.93. The third-order valence-corrected chi connectivity index (χ3v) is 3.54.